The summed E-state index contributed by atoms with van der Waals surface area (Å²) in [5.74, 6) is 0. The average molecular weight is 331 g/mol. The summed E-state index contributed by atoms with van der Waals surface area (Å²) >= 11 is 5.93. The molecule has 1 heterocycles. The van der Waals surface area contributed by atoms with Gasteiger partial charge >= 0.3 is 0 Å². The monoisotopic (exact) mass is 330 g/mol. The maximum Gasteiger partial charge on any atom is 0.243 e. The van der Waals surface area contributed by atoms with E-state index in [1.54, 1.807) is 22.5 Å². The summed E-state index contributed by atoms with van der Waals surface area (Å²) in [6.07, 6.45) is 3.99. The van der Waals surface area contributed by atoms with Gasteiger partial charge in [0.05, 0.1) is 4.90 Å². The van der Waals surface area contributed by atoms with Crippen LogP contribution in [0.1, 0.15) is 32.6 Å². The normalized spacial score (nSPS) is 19.3. The molecule has 0 aromatic heterocycles. The molecule has 0 bridgehead atoms. The molecule has 0 spiro atoms. The molecule has 2 rings (SSSR count). The Bertz CT molecular complexity index is 557. The topological polar surface area (TPSA) is 49.4 Å². The Kier molecular flexibility index (Phi) is 6.05. The molecule has 1 aliphatic rings. The predicted octanol–water partition coefficient (Wildman–Crippen LogP) is 2.88. The van der Waals surface area contributed by atoms with E-state index in [9.17, 15) is 8.42 Å². The van der Waals surface area contributed by atoms with Crippen LogP contribution in [0.25, 0.3) is 0 Å². The summed E-state index contributed by atoms with van der Waals surface area (Å²) in [6.45, 7) is 4.14. The van der Waals surface area contributed by atoms with Gasteiger partial charge < -0.3 is 5.32 Å². The fourth-order valence-electron chi connectivity index (χ4n) is 2.58. The van der Waals surface area contributed by atoms with Crippen LogP contribution in [0.2, 0.25) is 5.02 Å². The highest BCUT2D eigenvalue weighted by Gasteiger charge is 2.28. The lowest BCUT2D eigenvalue weighted by Crippen LogP contribution is -2.41. The zero-order valence-electron chi connectivity index (χ0n) is 12.4. The largest absolute Gasteiger partial charge is 0.313 e. The molecular formula is C15H23ClN2O2S. The van der Waals surface area contributed by atoms with Crippen LogP contribution in [0, 0.1) is 0 Å². The predicted molar refractivity (Wildman–Crippen MR) is 86.1 cm³/mol. The highest BCUT2D eigenvalue weighted by Crippen LogP contribution is 2.21. The minimum Gasteiger partial charge on any atom is -0.313 e. The third-order valence-corrected chi connectivity index (χ3v) is 5.88. The van der Waals surface area contributed by atoms with Crippen molar-refractivity contribution in [3.63, 3.8) is 0 Å². The summed E-state index contributed by atoms with van der Waals surface area (Å²) in [5, 5.41) is 3.82. The molecule has 0 radical (unpaired) electrons. The molecule has 1 atom stereocenters. The second-order valence-corrected chi connectivity index (χ2v) is 7.84. The van der Waals surface area contributed by atoms with Gasteiger partial charge in [-0.1, -0.05) is 31.0 Å². The first-order chi connectivity index (χ1) is 10.0. The van der Waals surface area contributed by atoms with Crippen LogP contribution in [0.15, 0.2) is 29.2 Å². The van der Waals surface area contributed by atoms with Crippen molar-refractivity contribution < 1.29 is 8.42 Å². The SMILES string of the molecule is CCCCN(CC1CCCN1)S(=O)(=O)c1cccc(Cl)c1. The Morgan fingerprint density at radius 2 is 2.24 bits per heavy atom. The Morgan fingerprint density at radius 1 is 1.43 bits per heavy atom. The van der Waals surface area contributed by atoms with Gasteiger partial charge in [0.1, 0.15) is 0 Å². The van der Waals surface area contributed by atoms with Crippen LogP contribution in [0.5, 0.6) is 0 Å². The standard InChI is InChI=1S/C15H23ClN2O2S/c1-2-3-10-18(12-14-7-5-9-17-14)21(19,20)15-8-4-6-13(16)11-15/h4,6,8,11,14,17H,2-3,5,7,9-10,12H2,1H3. The third kappa shape index (κ3) is 4.42. The van der Waals surface area contributed by atoms with Crippen LogP contribution < -0.4 is 5.32 Å². The maximum atomic E-state index is 12.8. The fraction of sp³-hybridized carbons (Fsp3) is 0.600. The first kappa shape index (κ1) is 16.7. The number of sulfonamides is 1. The van der Waals surface area contributed by atoms with Crippen LogP contribution in [0.3, 0.4) is 0 Å². The maximum absolute atomic E-state index is 12.8. The smallest absolute Gasteiger partial charge is 0.243 e. The molecule has 1 aromatic rings. The second-order valence-electron chi connectivity index (χ2n) is 5.47. The van der Waals surface area contributed by atoms with E-state index in [0.717, 1.165) is 32.2 Å². The molecule has 0 saturated carbocycles. The molecule has 118 valence electrons. The highest BCUT2D eigenvalue weighted by atomic mass is 35.5. The van der Waals surface area contributed by atoms with Crippen LogP contribution >= 0.6 is 11.6 Å². The van der Waals surface area contributed by atoms with Crippen molar-refractivity contribution in [3.05, 3.63) is 29.3 Å². The van der Waals surface area contributed by atoms with Crippen LogP contribution in [0.4, 0.5) is 0 Å². The number of hydrogen-bond acceptors (Lipinski definition) is 3. The van der Waals surface area contributed by atoms with Crippen molar-refractivity contribution >= 4 is 21.6 Å². The summed E-state index contributed by atoms with van der Waals surface area (Å²) in [6, 6.07) is 6.77. The van der Waals surface area contributed by atoms with Gasteiger partial charge in [0.2, 0.25) is 10.0 Å². The zero-order chi connectivity index (χ0) is 15.3. The first-order valence-electron chi connectivity index (χ1n) is 7.53. The minimum absolute atomic E-state index is 0.260. The van der Waals surface area contributed by atoms with E-state index in [4.69, 9.17) is 11.6 Å². The lowest BCUT2D eigenvalue weighted by Gasteiger charge is -2.25. The van der Waals surface area contributed by atoms with Gasteiger partial charge in [-0.3, -0.25) is 0 Å². The van der Waals surface area contributed by atoms with Gasteiger partial charge in [-0.05, 0) is 44.0 Å². The Labute approximate surface area is 132 Å². The molecule has 0 amide bonds. The van der Waals surface area contributed by atoms with Crippen molar-refractivity contribution in [2.45, 2.75) is 43.5 Å². The van der Waals surface area contributed by atoms with E-state index in [1.807, 2.05) is 0 Å². The average Bonchev–Trinajstić information content (AvgIpc) is 2.96. The number of hydrogen-bond donors (Lipinski definition) is 1. The van der Waals surface area contributed by atoms with Crippen molar-refractivity contribution in [2.75, 3.05) is 19.6 Å². The van der Waals surface area contributed by atoms with E-state index in [-0.39, 0.29) is 10.9 Å². The Morgan fingerprint density at radius 3 is 2.86 bits per heavy atom. The number of unbranched alkanes of at least 4 members (excludes halogenated alkanes) is 1. The van der Waals surface area contributed by atoms with Gasteiger partial charge in [-0.15, -0.1) is 0 Å². The fourth-order valence-corrected chi connectivity index (χ4v) is 4.40. The summed E-state index contributed by atoms with van der Waals surface area (Å²) < 4.78 is 27.2. The molecule has 4 nitrogen and oxygen atoms in total. The van der Waals surface area contributed by atoms with Crippen molar-refractivity contribution in [2.24, 2.45) is 0 Å². The van der Waals surface area contributed by atoms with E-state index in [2.05, 4.69) is 12.2 Å². The molecule has 21 heavy (non-hydrogen) atoms. The van der Waals surface area contributed by atoms with Crippen molar-refractivity contribution in [3.8, 4) is 0 Å². The number of benzene rings is 1. The Hall–Kier alpha value is -0.620. The molecule has 1 saturated heterocycles. The quantitative estimate of drug-likeness (QED) is 0.836. The van der Waals surface area contributed by atoms with Crippen molar-refractivity contribution in [1.82, 2.24) is 9.62 Å². The Balaban J connectivity index is 2.20. The molecular weight excluding hydrogens is 308 g/mol. The van der Waals surface area contributed by atoms with E-state index < -0.39 is 10.0 Å². The minimum atomic E-state index is -3.47. The van der Waals surface area contributed by atoms with Gasteiger partial charge in [0, 0.05) is 24.2 Å². The molecule has 6 heteroatoms. The lowest BCUT2D eigenvalue weighted by atomic mass is 10.2. The van der Waals surface area contributed by atoms with E-state index in [0.29, 0.717) is 18.1 Å². The molecule has 1 N–H and O–H groups in total. The number of nitrogens with zero attached hydrogens (tertiary/aromatic N) is 1. The number of halogens is 1. The molecule has 1 aliphatic heterocycles. The van der Waals surface area contributed by atoms with E-state index >= 15 is 0 Å². The van der Waals surface area contributed by atoms with Crippen LogP contribution in [-0.2, 0) is 10.0 Å². The zero-order valence-corrected chi connectivity index (χ0v) is 14.0. The molecule has 1 unspecified atom stereocenters. The summed E-state index contributed by atoms with van der Waals surface area (Å²) in [7, 11) is -3.47. The first-order valence-corrected chi connectivity index (χ1v) is 9.35. The third-order valence-electron chi connectivity index (χ3n) is 3.78. The van der Waals surface area contributed by atoms with Gasteiger partial charge in [-0.2, -0.15) is 4.31 Å². The molecule has 1 aromatic carbocycles. The summed E-state index contributed by atoms with van der Waals surface area (Å²) in [5.41, 5.74) is 0. The van der Waals surface area contributed by atoms with Crippen molar-refractivity contribution in [1.29, 1.82) is 0 Å². The number of nitrogens with one attached hydrogen (secondary N) is 1. The summed E-state index contributed by atoms with van der Waals surface area (Å²) in [4.78, 5) is 0.282. The van der Waals surface area contributed by atoms with Gasteiger partial charge in [0.25, 0.3) is 0 Å². The second kappa shape index (κ2) is 7.58. The van der Waals surface area contributed by atoms with E-state index in [1.165, 1.54) is 6.07 Å². The molecule has 1 fully saturated rings. The molecule has 0 aliphatic carbocycles. The lowest BCUT2D eigenvalue weighted by molar-refractivity contribution is 0.364. The van der Waals surface area contributed by atoms with Gasteiger partial charge in [0.15, 0.2) is 0 Å². The van der Waals surface area contributed by atoms with Gasteiger partial charge in [-0.25, -0.2) is 8.42 Å². The highest BCUT2D eigenvalue weighted by molar-refractivity contribution is 7.89. The number of rotatable bonds is 7. The van der Waals surface area contributed by atoms with Crippen LogP contribution in [-0.4, -0.2) is 38.4 Å².